The van der Waals surface area contributed by atoms with Gasteiger partial charge in [-0.15, -0.1) is 0 Å². The van der Waals surface area contributed by atoms with Gasteiger partial charge in [0.2, 0.25) is 17.7 Å². The molecule has 1 aromatic rings. The fourth-order valence-corrected chi connectivity index (χ4v) is 4.28. The summed E-state index contributed by atoms with van der Waals surface area (Å²) in [5, 5.41) is 14.5. The van der Waals surface area contributed by atoms with Crippen molar-refractivity contribution < 1.29 is 33.8 Å². The molecule has 0 aliphatic carbocycles. The number of benzene rings is 1. The lowest BCUT2D eigenvalue weighted by molar-refractivity contribution is -0.144. The first-order valence-electron chi connectivity index (χ1n) is 12.3. The van der Waals surface area contributed by atoms with Crippen molar-refractivity contribution in [1.29, 1.82) is 0 Å². The monoisotopic (exact) mass is 518 g/mol. The average molecular weight is 519 g/mol. The van der Waals surface area contributed by atoms with Crippen molar-refractivity contribution in [2.45, 2.75) is 77.0 Å². The van der Waals surface area contributed by atoms with Gasteiger partial charge in [0.1, 0.15) is 17.7 Å². The van der Waals surface area contributed by atoms with E-state index in [4.69, 9.17) is 10.5 Å². The Morgan fingerprint density at radius 1 is 1.05 bits per heavy atom. The number of ether oxygens (including phenoxy) is 1. The third-order valence-electron chi connectivity index (χ3n) is 6.29. The van der Waals surface area contributed by atoms with Crippen molar-refractivity contribution >= 4 is 29.8 Å². The van der Waals surface area contributed by atoms with E-state index in [9.17, 15) is 29.1 Å². The van der Waals surface area contributed by atoms with Crippen LogP contribution in [0.3, 0.4) is 0 Å². The first kappa shape index (κ1) is 29.6. The number of hydrogen-bond acceptors (Lipinski definition) is 6. The number of piperidine rings is 1. The minimum atomic E-state index is -1.51. The maximum absolute atomic E-state index is 13.8. The second-order valence-electron chi connectivity index (χ2n) is 10.7. The third-order valence-corrected chi connectivity index (χ3v) is 6.29. The van der Waals surface area contributed by atoms with E-state index in [0.29, 0.717) is 12.8 Å². The van der Waals surface area contributed by atoms with Gasteiger partial charge < -0.3 is 31.1 Å². The number of carboxylic acid groups (broad SMARTS) is 1. The highest BCUT2D eigenvalue weighted by molar-refractivity contribution is 5.95. The molecule has 1 aliphatic rings. The Labute approximate surface area is 217 Å². The molecule has 1 saturated heterocycles. The molecule has 0 aromatic heterocycles. The third kappa shape index (κ3) is 7.93. The van der Waals surface area contributed by atoms with Gasteiger partial charge in [0.15, 0.2) is 0 Å². The molecule has 2 rings (SSSR count). The number of rotatable bonds is 9. The molecule has 0 spiro atoms. The number of primary amides is 1. The summed E-state index contributed by atoms with van der Waals surface area (Å²) in [7, 11) is 0. The Morgan fingerprint density at radius 2 is 1.62 bits per heavy atom. The predicted octanol–water partition coefficient (Wildman–Crippen LogP) is 1.54. The van der Waals surface area contributed by atoms with Crippen molar-refractivity contribution in [3.8, 4) is 0 Å². The summed E-state index contributed by atoms with van der Waals surface area (Å²) in [5.74, 6) is -3.81. The Hall–Kier alpha value is -3.63. The Bertz CT molecular complexity index is 996. The minimum absolute atomic E-state index is 0.273. The Balaban J connectivity index is 2.27. The topological polar surface area (TPSA) is 168 Å². The van der Waals surface area contributed by atoms with Gasteiger partial charge in [-0.2, -0.15) is 0 Å². The molecule has 2 unspecified atom stereocenters. The standard InChI is InChI=1S/C26H38N4O7/c1-16(2)20(21(32)28-18(22(33)34)15-19(27)31)29-23(35)26(17-9-7-6-8-10-17)11-13-30(14-12-26)24(36)37-25(3,4)5/h6-10,16,18,20H,11-15H2,1-5H3,(H2,27,31)(H,28,32)(H,29,35)(H,33,34). The zero-order valence-corrected chi connectivity index (χ0v) is 22.1. The van der Waals surface area contributed by atoms with Gasteiger partial charge >= 0.3 is 12.1 Å². The van der Waals surface area contributed by atoms with Crippen molar-refractivity contribution in [1.82, 2.24) is 15.5 Å². The highest BCUT2D eigenvalue weighted by atomic mass is 16.6. The molecule has 11 nitrogen and oxygen atoms in total. The van der Waals surface area contributed by atoms with Crippen molar-refractivity contribution in [3.05, 3.63) is 35.9 Å². The van der Waals surface area contributed by atoms with Crippen LogP contribution in [0, 0.1) is 5.92 Å². The molecule has 37 heavy (non-hydrogen) atoms. The van der Waals surface area contributed by atoms with Crippen molar-refractivity contribution in [3.63, 3.8) is 0 Å². The van der Waals surface area contributed by atoms with Crippen LogP contribution >= 0.6 is 0 Å². The molecule has 4 amide bonds. The lowest BCUT2D eigenvalue weighted by Crippen LogP contribution is -2.59. The van der Waals surface area contributed by atoms with Gasteiger partial charge in [-0.25, -0.2) is 9.59 Å². The summed E-state index contributed by atoms with van der Waals surface area (Å²) in [6.07, 6.45) is -0.431. The molecule has 1 aliphatic heterocycles. The van der Waals surface area contributed by atoms with Gasteiger partial charge in [-0.1, -0.05) is 44.2 Å². The van der Waals surface area contributed by atoms with Crippen LogP contribution in [0.25, 0.3) is 0 Å². The molecular formula is C26H38N4O7. The summed E-state index contributed by atoms with van der Waals surface area (Å²) in [4.78, 5) is 63.7. The minimum Gasteiger partial charge on any atom is -0.480 e. The molecule has 0 radical (unpaired) electrons. The van der Waals surface area contributed by atoms with Crippen LogP contribution in [-0.4, -0.2) is 70.6 Å². The number of aliphatic carboxylic acids is 1. The molecule has 2 atom stereocenters. The zero-order valence-electron chi connectivity index (χ0n) is 22.1. The second-order valence-corrected chi connectivity index (χ2v) is 10.7. The van der Waals surface area contributed by atoms with E-state index in [1.165, 1.54) is 0 Å². The maximum atomic E-state index is 13.8. The van der Waals surface area contributed by atoms with E-state index in [1.54, 1.807) is 39.5 Å². The van der Waals surface area contributed by atoms with Gasteiger partial charge in [0, 0.05) is 13.1 Å². The van der Waals surface area contributed by atoms with Crippen LogP contribution in [0.15, 0.2) is 30.3 Å². The highest BCUT2D eigenvalue weighted by Gasteiger charge is 2.45. The molecule has 204 valence electrons. The SMILES string of the molecule is CC(C)C(NC(=O)C1(c2ccccc2)CCN(C(=O)OC(C)(C)C)CC1)C(=O)NC(CC(N)=O)C(=O)O. The van der Waals surface area contributed by atoms with Gasteiger partial charge in [-0.3, -0.25) is 14.4 Å². The fourth-order valence-electron chi connectivity index (χ4n) is 4.28. The number of amides is 4. The van der Waals surface area contributed by atoms with E-state index in [-0.39, 0.29) is 19.0 Å². The van der Waals surface area contributed by atoms with Crippen LogP contribution in [0.5, 0.6) is 0 Å². The number of likely N-dealkylation sites (tertiary alicyclic amines) is 1. The normalized spacial score (nSPS) is 16.9. The zero-order chi connectivity index (χ0) is 28.0. The lowest BCUT2D eigenvalue weighted by atomic mass is 9.71. The molecular weight excluding hydrogens is 480 g/mol. The Morgan fingerprint density at radius 3 is 2.08 bits per heavy atom. The number of nitrogens with two attached hydrogens (primary N) is 1. The average Bonchev–Trinajstić information content (AvgIpc) is 2.80. The van der Waals surface area contributed by atoms with E-state index < -0.39 is 59.3 Å². The van der Waals surface area contributed by atoms with Crippen LogP contribution in [0.2, 0.25) is 0 Å². The van der Waals surface area contributed by atoms with Crippen molar-refractivity contribution in [2.75, 3.05) is 13.1 Å². The quantitative estimate of drug-likeness (QED) is 0.384. The molecule has 1 fully saturated rings. The lowest BCUT2D eigenvalue weighted by Gasteiger charge is -2.42. The largest absolute Gasteiger partial charge is 0.480 e. The molecule has 1 heterocycles. The number of hydrogen-bond donors (Lipinski definition) is 4. The molecule has 5 N–H and O–H groups in total. The Kier molecular flexibility index (Phi) is 9.66. The predicted molar refractivity (Wildman–Crippen MR) is 135 cm³/mol. The van der Waals surface area contributed by atoms with E-state index in [2.05, 4.69) is 10.6 Å². The summed E-state index contributed by atoms with van der Waals surface area (Å²) in [6.45, 7) is 9.33. The van der Waals surface area contributed by atoms with Crippen LogP contribution in [0.4, 0.5) is 4.79 Å². The maximum Gasteiger partial charge on any atom is 0.410 e. The van der Waals surface area contributed by atoms with E-state index in [0.717, 1.165) is 5.56 Å². The first-order chi connectivity index (χ1) is 17.2. The smallest absolute Gasteiger partial charge is 0.410 e. The number of carbonyl (C=O) groups is 5. The van der Waals surface area contributed by atoms with Gasteiger partial charge in [0.25, 0.3) is 0 Å². The summed E-state index contributed by atoms with van der Waals surface area (Å²) in [5.41, 5.74) is 4.18. The van der Waals surface area contributed by atoms with E-state index in [1.807, 2.05) is 30.3 Å². The number of carbonyl (C=O) groups excluding carboxylic acids is 4. The number of nitrogens with zero attached hydrogens (tertiary/aromatic N) is 1. The van der Waals surface area contributed by atoms with Crippen molar-refractivity contribution in [2.24, 2.45) is 11.7 Å². The fraction of sp³-hybridized carbons (Fsp3) is 0.577. The van der Waals surface area contributed by atoms with Gasteiger partial charge in [-0.05, 0) is 45.1 Å². The molecule has 0 saturated carbocycles. The summed E-state index contributed by atoms with van der Waals surface area (Å²) in [6, 6.07) is 6.56. The van der Waals surface area contributed by atoms with Crippen LogP contribution < -0.4 is 16.4 Å². The van der Waals surface area contributed by atoms with Gasteiger partial charge in [0.05, 0.1) is 11.8 Å². The summed E-state index contributed by atoms with van der Waals surface area (Å²) >= 11 is 0. The first-order valence-corrected chi connectivity index (χ1v) is 12.3. The summed E-state index contributed by atoms with van der Waals surface area (Å²) < 4.78 is 5.48. The van der Waals surface area contributed by atoms with E-state index >= 15 is 0 Å². The molecule has 1 aromatic carbocycles. The molecule has 0 bridgehead atoms. The molecule has 11 heteroatoms. The number of nitrogens with one attached hydrogen (secondary N) is 2. The second kappa shape index (κ2) is 12.1. The highest BCUT2D eigenvalue weighted by Crippen LogP contribution is 2.36. The van der Waals surface area contributed by atoms with Crippen LogP contribution in [-0.2, 0) is 29.3 Å². The van der Waals surface area contributed by atoms with Crippen LogP contribution in [0.1, 0.15) is 59.4 Å². The number of carboxylic acids is 1.